The lowest BCUT2D eigenvalue weighted by Gasteiger charge is -2.33. The molecule has 4 rings (SSSR count). The number of halogens is 3. The van der Waals surface area contributed by atoms with Crippen LogP contribution in [0.4, 0.5) is 18.9 Å². The molecule has 1 saturated carbocycles. The van der Waals surface area contributed by atoms with Crippen LogP contribution in [-0.2, 0) is 19.4 Å². The maximum absolute atomic E-state index is 13.0. The normalized spacial score (nSPS) is 18.6. The number of quaternary nitrogens is 1. The largest absolute Gasteiger partial charge is 0.416 e. The van der Waals surface area contributed by atoms with Crippen molar-refractivity contribution in [3.8, 4) is 0 Å². The Bertz CT molecular complexity index is 892. The van der Waals surface area contributed by atoms with Gasteiger partial charge in [0.1, 0.15) is 5.82 Å². The monoisotopic (exact) mass is 412 g/mol. The molecule has 1 aromatic heterocycles. The molecule has 0 spiro atoms. The molecule has 0 radical (unpaired) electrons. The number of rotatable bonds is 5. The van der Waals surface area contributed by atoms with Crippen LogP contribution in [0.15, 0.2) is 24.3 Å². The van der Waals surface area contributed by atoms with Gasteiger partial charge >= 0.3 is 6.18 Å². The number of piperazine rings is 1. The molecule has 0 unspecified atom stereocenters. The summed E-state index contributed by atoms with van der Waals surface area (Å²) in [6, 6.07) is 5.59. The minimum Gasteiger partial charge on any atom is -0.360 e. The van der Waals surface area contributed by atoms with E-state index in [0.717, 1.165) is 36.3 Å². The smallest absolute Gasteiger partial charge is 0.360 e. The highest BCUT2D eigenvalue weighted by Crippen LogP contribution is 2.39. The number of aromatic nitrogens is 3. The molecule has 0 bridgehead atoms. The summed E-state index contributed by atoms with van der Waals surface area (Å²) in [5, 5.41) is 4.77. The Kier molecular flexibility index (Phi) is 5.22. The van der Waals surface area contributed by atoms with Gasteiger partial charge in [0.25, 0.3) is 0 Å². The minimum absolute atomic E-state index is 0.552. The van der Waals surface area contributed by atoms with Crippen molar-refractivity contribution >= 4 is 17.9 Å². The molecule has 2 aromatic rings. The van der Waals surface area contributed by atoms with Gasteiger partial charge in [-0.25, -0.2) is 0 Å². The van der Waals surface area contributed by atoms with Gasteiger partial charge in [0.05, 0.1) is 31.7 Å². The Labute approximate surface area is 167 Å². The van der Waals surface area contributed by atoms with Crippen LogP contribution in [0.3, 0.4) is 0 Å². The van der Waals surface area contributed by atoms with Gasteiger partial charge in [-0.3, -0.25) is 0 Å². The lowest BCUT2D eigenvalue weighted by Crippen LogP contribution is -3.14. The summed E-state index contributed by atoms with van der Waals surface area (Å²) >= 11 is 5.61. The summed E-state index contributed by atoms with van der Waals surface area (Å²) in [4.78, 5) is 3.38. The van der Waals surface area contributed by atoms with Gasteiger partial charge < -0.3 is 14.4 Å². The van der Waals surface area contributed by atoms with Gasteiger partial charge in [-0.15, -0.1) is 0 Å². The average Bonchev–Trinajstić information content (AvgIpc) is 3.47. The van der Waals surface area contributed by atoms with Crippen molar-refractivity contribution in [1.29, 1.82) is 0 Å². The first kappa shape index (κ1) is 19.4. The molecule has 28 heavy (non-hydrogen) atoms. The zero-order chi connectivity index (χ0) is 19.9. The molecule has 152 valence electrons. The quantitative estimate of drug-likeness (QED) is 0.766. The molecule has 1 saturated heterocycles. The third-order valence-corrected chi connectivity index (χ3v) is 6.02. The molecule has 1 aromatic carbocycles. The maximum Gasteiger partial charge on any atom is 0.416 e. The van der Waals surface area contributed by atoms with Crippen LogP contribution in [0.5, 0.6) is 0 Å². The Balaban J connectivity index is 1.41. The first-order chi connectivity index (χ1) is 13.4. The SMILES string of the molecule is CCn1c(C2CC2)nn(C[NH+]2CCN(c3cccc(C(F)(F)F)c3)CC2)c1=S. The fourth-order valence-corrected chi connectivity index (χ4v) is 4.16. The summed E-state index contributed by atoms with van der Waals surface area (Å²) < 4.78 is 43.7. The van der Waals surface area contributed by atoms with Crippen molar-refractivity contribution in [2.24, 2.45) is 0 Å². The van der Waals surface area contributed by atoms with E-state index in [0.29, 0.717) is 31.4 Å². The van der Waals surface area contributed by atoms with Crippen molar-refractivity contribution in [2.75, 3.05) is 31.1 Å². The van der Waals surface area contributed by atoms with Gasteiger partial charge in [-0.2, -0.15) is 23.0 Å². The van der Waals surface area contributed by atoms with Crippen molar-refractivity contribution < 1.29 is 18.1 Å². The third kappa shape index (κ3) is 3.96. The molecule has 1 N–H and O–H groups in total. The number of alkyl halides is 3. The van der Waals surface area contributed by atoms with Gasteiger partial charge in [-0.1, -0.05) is 6.07 Å². The Morgan fingerprint density at radius 3 is 2.54 bits per heavy atom. The van der Waals surface area contributed by atoms with Crippen LogP contribution < -0.4 is 9.80 Å². The van der Waals surface area contributed by atoms with Crippen LogP contribution in [0, 0.1) is 4.77 Å². The highest BCUT2D eigenvalue weighted by molar-refractivity contribution is 7.71. The van der Waals surface area contributed by atoms with Crippen molar-refractivity contribution in [3.05, 3.63) is 40.4 Å². The van der Waals surface area contributed by atoms with E-state index in [1.165, 1.54) is 29.9 Å². The highest BCUT2D eigenvalue weighted by atomic mass is 32.1. The number of benzene rings is 1. The van der Waals surface area contributed by atoms with E-state index in [1.807, 2.05) is 9.58 Å². The lowest BCUT2D eigenvalue weighted by molar-refractivity contribution is -0.924. The van der Waals surface area contributed by atoms with E-state index in [2.05, 4.69) is 11.5 Å². The minimum atomic E-state index is -4.31. The maximum atomic E-state index is 13.0. The second-order valence-corrected chi connectivity index (χ2v) is 7.97. The molecule has 0 atom stereocenters. The Morgan fingerprint density at radius 2 is 1.93 bits per heavy atom. The second-order valence-electron chi connectivity index (χ2n) is 7.60. The van der Waals surface area contributed by atoms with Crippen LogP contribution in [-0.4, -0.2) is 40.5 Å². The van der Waals surface area contributed by atoms with Crippen LogP contribution in [0.2, 0.25) is 0 Å². The number of anilines is 1. The molecule has 9 heteroatoms. The zero-order valence-corrected chi connectivity index (χ0v) is 16.7. The third-order valence-electron chi connectivity index (χ3n) is 5.59. The summed E-state index contributed by atoms with van der Waals surface area (Å²) in [7, 11) is 0. The molecule has 2 fully saturated rings. The molecular weight excluding hydrogens is 387 g/mol. The standard InChI is InChI=1S/C19H24F3N5S/c1-2-26-17(14-6-7-14)23-27(18(26)28)13-24-8-10-25(11-9-24)16-5-3-4-15(12-16)19(20,21)22/h3-5,12,14H,2,6-11,13H2,1H3/p+1. The van der Waals surface area contributed by atoms with Crippen LogP contribution in [0.1, 0.15) is 37.1 Å². The first-order valence-corrected chi connectivity index (χ1v) is 10.2. The van der Waals surface area contributed by atoms with E-state index in [-0.39, 0.29) is 0 Å². The summed E-state index contributed by atoms with van der Waals surface area (Å²) in [5.41, 5.74) is 0.0422. The number of nitrogens with one attached hydrogen (secondary N) is 1. The van der Waals surface area contributed by atoms with Crippen LogP contribution in [0.25, 0.3) is 0 Å². The molecule has 5 nitrogen and oxygen atoms in total. The number of hydrogen-bond donors (Lipinski definition) is 1. The van der Waals surface area contributed by atoms with Crippen molar-refractivity contribution in [1.82, 2.24) is 14.3 Å². The molecule has 1 aliphatic heterocycles. The highest BCUT2D eigenvalue weighted by Gasteiger charge is 2.32. The Morgan fingerprint density at radius 1 is 1.21 bits per heavy atom. The Hall–Kier alpha value is -1.87. The fraction of sp³-hybridized carbons (Fsp3) is 0.579. The molecule has 2 heterocycles. The molecular formula is C19H25F3N5S+. The predicted molar refractivity (Wildman–Crippen MR) is 103 cm³/mol. The molecule has 1 aliphatic carbocycles. The fourth-order valence-electron chi connectivity index (χ4n) is 3.83. The van der Waals surface area contributed by atoms with E-state index >= 15 is 0 Å². The summed E-state index contributed by atoms with van der Waals surface area (Å²) in [5.74, 6) is 1.66. The lowest BCUT2D eigenvalue weighted by atomic mass is 10.1. The first-order valence-electron chi connectivity index (χ1n) is 9.80. The molecule has 0 amide bonds. The number of hydrogen-bond acceptors (Lipinski definition) is 3. The van der Waals surface area contributed by atoms with Gasteiger partial charge in [-0.05, 0) is 50.2 Å². The van der Waals surface area contributed by atoms with E-state index < -0.39 is 11.7 Å². The van der Waals surface area contributed by atoms with Gasteiger partial charge in [0.15, 0.2) is 6.67 Å². The van der Waals surface area contributed by atoms with E-state index in [4.69, 9.17) is 17.3 Å². The van der Waals surface area contributed by atoms with E-state index in [9.17, 15) is 13.2 Å². The van der Waals surface area contributed by atoms with Gasteiger partial charge in [0, 0.05) is 18.2 Å². The zero-order valence-electron chi connectivity index (χ0n) is 15.9. The van der Waals surface area contributed by atoms with Crippen molar-refractivity contribution in [3.63, 3.8) is 0 Å². The van der Waals surface area contributed by atoms with Crippen LogP contribution >= 0.6 is 12.2 Å². The average molecular weight is 413 g/mol. The predicted octanol–water partition coefficient (Wildman–Crippen LogP) is 2.69. The van der Waals surface area contributed by atoms with Crippen molar-refractivity contribution in [2.45, 2.75) is 45.1 Å². The number of nitrogens with zero attached hydrogens (tertiary/aromatic N) is 4. The molecule has 2 aliphatic rings. The topological polar surface area (TPSA) is 30.4 Å². The van der Waals surface area contributed by atoms with E-state index in [1.54, 1.807) is 6.07 Å². The summed E-state index contributed by atoms with van der Waals surface area (Å²) in [6.07, 6.45) is -1.93. The van der Waals surface area contributed by atoms with Gasteiger partial charge in [0.2, 0.25) is 4.77 Å². The second kappa shape index (κ2) is 7.51. The summed E-state index contributed by atoms with van der Waals surface area (Å²) in [6.45, 7) is 6.76.